The second kappa shape index (κ2) is 5.85. The normalized spacial score (nSPS) is 25.4. The number of aromatic hydroxyl groups is 1. The van der Waals surface area contributed by atoms with Crippen LogP contribution in [-0.2, 0) is 11.8 Å². The fourth-order valence-corrected chi connectivity index (χ4v) is 5.09. The number of carbonyl (C=O) groups excluding carboxylic acids is 1. The number of piperidine rings is 1. The van der Waals surface area contributed by atoms with Gasteiger partial charge in [0.2, 0.25) is 0 Å². The molecule has 1 heterocycles. The van der Waals surface area contributed by atoms with E-state index >= 15 is 0 Å². The maximum absolute atomic E-state index is 13.4. The Morgan fingerprint density at radius 2 is 1.93 bits per heavy atom. The van der Waals surface area contributed by atoms with Gasteiger partial charge >= 0.3 is 0 Å². The number of amides is 1. The Hall–Kier alpha value is -2.80. The summed E-state index contributed by atoms with van der Waals surface area (Å²) in [5, 5.41) is 19.9. The van der Waals surface area contributed by atoms with E-state index in [1.165, 1.54) is 5.56 Å². The van der Waals surface area contributed by atoms with Crippen LogP contribution in [0.2, 0.25) is 0 Å². The first-order chi connectivity index (χ1) is 12.8. The van der Waals surface area contributed by atoms with Gasteiger partial charge in [-0.1, -0.05) is 45.0 Å². The molecule has 1 aliphatic heterocycles. The topological polar surface area (TPSA) is 64.3 Å². The van der Waals surface area contributed by atoms with Crippen LogP contribution in [0.1, 0.15) is 54.2 Å². The molecule has 0 aromatic heterocycles. The highest BCUT2D eigenvalue weighted by atomic mass is 16.3. The highest BCUT2D eigenvalue weighted by molar-refractivity contribution is 5.97. The van der Waals surface area contributed by atoms with Gasteiger partial charge in [0, 0.05) is 18.0 Å². The summed E-state index contributed by atoms with van der Waals surface area (Å²) in [7, 11) is 0. The van der Waals surface area contributed by atoms with Gasteiger partial charge in [-0.15, -0.1) is 0 Å². The average Bonchev–Trinajstić information content (AvgIpc) is 2.65. The highest BCUT2D eigenvalue weighted by Gasteiger charge is 2.57. The van der Waals surface area contributed by atoms with E-state index in [9.17, 15) is 15.2 Å². The number of carbonyl (C=O) groups is 1. The molecule has 1 saturated heterocycles. The minimum absolute atomic E-state index is 0.0312. The SMILES string of the molecule is CC1(C)[C@H]2Cc3c(O)cccc3[C@]1(C)CCN2C(=O)c1ccccc1C#N. The summed E-state index contributed by atoms with van der Waals surface area (Å²) >= 11 is 0. The van der Waals surface area contributed by atoms with E-state index in [4.69, 9.17) is 0 Å². The molecule has 0 unspecified atom stereocenters. The van der Waals surface area contributed by atoms with Crippen LogP contribution in [0.25, 0.3) is 0 Å². The zero-order valence-electron chi connectivity index (χ0n) is 16.0. The third-order valence-corrected chi connectivity index (χ3v) is 7.17. The lowest BCUT2D eigenvalue weighted by Gasteiger charge is -2.60. The van der Waals surface area contributed by atoms with Crippen molar-refractivity contribution in [2.45, 2.75) is 45.1 Å². The molecule has 0 radical (unpaired) electrons. The number of phenolic OH excluding ortho intramolecular Hbond substituents is 1. The lowest BCUT2D eigenvalue weighted by Crippen LogP contribution is -2.64. The Balaban J connectivity index is 1.81. The maximum atomic E-state index is 13.4. The Bertz CT molecular complexity index is 973. The third kappa shape index (κ3) is 2.31. The molecule has 2 atom stereocenters. The number of likely N-dealkylation sites (tertiary alicyclic amines) is 1. The molecule has 4 heteroatoms. The minimum atomic E-state index is -0.150. The van der Waals surface area contributed by atoms with Gasteiger partial charge in [-0.25, -0.2) is 0 Å². The number of phenols is 1. The molecule has 27 heavy (non-hydrogen) atoms. The molecule has 2 aromatic carbocycles. The van der Waals surface area contributed by atoms with E-state index in [0.29, 0.717) is 29.8 Å². The summed E-state index contributed by atoms with van der Waals surface area (Å²) in [5.41, 5.74) is 2.76. The van der Waals surface area contributed by atoms with Crippen molar-refractivity contribution in [1.29, 1.82) is 5.26 Å². The van der Waals surface area contributed by atoms with Crippen LogP contribution in [0.3, 0.4) is 0 Å². The summed E-state index contributed by atoms with van der Waals surface area (Å²) in [6, 6.07) is 14.9. The Morgan fingerprint density at radius 3 is 2.67 bits per heavy atom. The fraction of sp³-hybridized carbons (Fsp3) is 0.391. The Labute approximate surface area is 160 Å². The summed E-state index contributed by atoms with van der Waals surface area (Å²) in [6.07, 6.45) is 1.46. The molecular weight excluding hydrogens is 336 g/mol. The number of nitriles is 1. The zero-order chi connectivity index (χ0) is 19.4. The molecule has 0 spiro atoms. The summed E-state index contributed by atoms with van der Waals surface area (Å²) in [4.78, 5) is 15.3. The smallest absolute Gasteiger partial charge is 0.255 e. The fourth-order valence-electron chi connectivity index (χ4n) is 5.09. The number of benzene rings is 2. The molecule has 2 bridgehead atoms. The molecule has 4 rings (SSSR count). The van der Waals surface area contributed by atoms with Crippen LogP contribution in [0.5, 0.6) is 5.75 Å². The highest BCUT2D eigenvalue weighted by Crippen LogP contribution is 2.57. The standard InChI is InChI=1S/C23H24N2O2/c1-22(2)20-13-17-18(9-6-10-19(17)26)23(22,3)11-12-25(20)21(27)16-8-5-4-7-15(16)14-24/h4-10,20,26H,11-13H2,1-3H3/t20-,23+/m1/s1. The van der Waals surface area contributed by atoms with Gasteiger partial charge < -0.3 is 10.0 Å². The van der Waals surface area contributed by atoms with Crippen LogP contribution < -0.4 is 0 Å². The first kappa shape index (κ1) is 17.6. The van der Waals surface area contributed by atoms with Gasteiger partial charge in [-0.05, 0) is 47.6 Å². The van der Waals surface area contributed by atoms with Crippen molar-refractivity contribution >= 4 is 5.91 Å². The second-order valence-electron chi connectivity index (χ2n) is 8.48. The predicted octanol–water partition coefficient (Wildman–Crippen LogP) is 4.02. The van der Waals surface area contributed by atoms with E-state index in [0.717, 1.165) is 12.0 Å². The monoisotopic (exact) mass is 360 g/mol. The van der Waals surface area contributed by atoms with Crippen molar-refractivity contribution in [1.82, 2.24) is 4.90 Å². The van der Waals surface area contributed by atoms with E-state index in [-0.39, 0.29) is 22.8 Å². The van der Waals surface area contributed by atoms with Gasteiger partial charge in [-0.2, -0.15) is 5.26 Å². The summed E-state index contributed by atoms with van der Waals surface area (Å²) < 4.78 is 0. The van der Waals surface area contributed by atoms with E-state index in [1.54, 1.807) is 30.3 Å². The predicted molar refractivity (Wildman–Crippen MR) is 104 cm³/mol. The van der Waals surface area contributed by atoms with Gasteiger partial charge in [0.05, 0.1) is 17.2 Å². The van der Waals surface area contributed by atoms with Crippen molar-refractivity contribution in [3.8, 4) is 11.8 Å². The van der Waals surface area contributed by atoms with Gasteiger partial charge in [-0.3, -0.25) is 4.79 Å². The van der Waals surface area contributed by atoms with Crippen molar-refractivity contribution in [3.05, 3.63) is 64.7 Å². The van der Waals surface area contributed by atoms with Gasteiger partial charge in [0.15, 0.2) is 0 Å². The second-order valence-corrected chi connectivity index (χ2v) is 8.48. The lowest BCUT2D eigenvalue weighted by molar-refractivity contribution is -0.0266. The number of hydrogen-bond donors (Lipinski definition) is 1. The molecular formula is C23H24N2O2. The van der Waals surface area contributed by atoms with E-state index in [1.807, 2.05) is 11.0 Å². The number of fused-ring (bicyclic) bond motifs is 4. The quantitative estimate of drug-likeness (QED) is 0.835. The van der Waals surface area contributed by atoms with E-state index in [2.05, 4.69) is 32.9 Å². The molecule has 0 saturated carbocycles. The molecule has 1 amide bonds. The number of hydrogen-bond acceptors (Lipinski definition) is 3. The zero-order valence-corrected chi connectivity index (χ0v) is 16.0. The Kier molecular flexibility index (Phi) is 3.82. The number of rotatable bonds is 1. The molecule has 138 valence electrons. The van der Waals surface area contributed by atoms with Crippen LogP contribution in [0.4, 0.5) is 0 Å². The first-order valence-corrected chi connectivity index (χ1v) is 9.42. The van der Waals surface area contributed by atoms with Crippen molar-refractivity contribution in [2.24, 2.45) is 5.41 Å². The average molecular weight is 360 g/mol. The molecule has 1 fully saturated rings. The minimum Gasteiger partial charge on any atom is -0.508 e. The lowest BCUT2D eigenvalue weighted by atomic mass is 9.51. The van der Waals surface area contributed by atoms with Crippen LogP contribution in [-0.4, -0.2) is 28.5 Å². The molecule has 1 N–H and O–H groups in total. The molecule has 2 aliphatic rings. The first-order valence-electron chi connectivity index (χ1n) is 9.42. The van der Waals surface area contributed by atoms with Crippen molar-refractivity contribution in [3.63, 3.8) is 0 Å². The Morgan fingerprint density at radius 1 is 1.19 bits per heavy atom. The van der Waals surface area contributed by atoms with Crippen LogP contribution in [0, 0.1) is 16.7 Å². The molecule has 4 nitrogen and oxygen atoms in total. The van der Waals surface area contributed by atoms with Crippen molar-refractivity contribution < 1.29 is 9.90 Å². The molecule has 2 aromatic rings. The number of nitrogens with zero attached hydrogens (tertiary/aromatic N) is 2. The summed E-state index contributed by atoms with van der Waals surface area (Å²) in [5.74, 6) is 0.220. The maximum Gasteiger partial charge on any atom is 0.255 e. The molecule has 1 aliphatic carbocycles. The largest absolute Gasteiger partial charge is 0.508 e. The van der Waals surface area contributed by atoms with E-state index < -0.39 is 0 Å². The summed E-state index contributed by atoms with van der Waals surface area (Å²) in [6.45, 7) is 7.35. The van der Waals surface area contributed by atoms with Gasteiger partial charge in [0.25, 0.3) is 5.91 Å². The van der Waals surface area contributed by atoms with Crippen molar-refractivity contribution in [2.75, 3.05) is 6.54 Å². The van der Waals surface area contributed by atoms with Crippen LogP contribution in [0.15, 0.2) is 42.5 Å². The third-order valence-electron chi connectivity index (χ3n) is 7.17. The van der Waals surface area contributed by atoms with Gasteiger partial charge in [0.1, 0.15) is 5.75 Å². The van der Waals surface area contributed by atoms with Crippen LogP contribution >= 0.6 is 0 Å².